The van der Waals surface area contributed by atoms with Gasteiger partial charge in [-0.15, -0.1) is 11.3 Å². The highest BCUT2D eigenvalue weighted by atomic mass is 32.1. The van der Waals surface area contributed by atoms with E-state index in [2.05, 4.69) is 11.4 Å². The van der Waals surface area contributed by atoms with Crippen LogP contribution in [0.2, 0.25) is 0 Å². The van der Waals surface area contributed by atoms with E-state index in [0.717, 1.165) is 34.8 Å². The Morgan fingerprint density at radius 2 is 1.97 bits per heavy atom. The van der Waals surface area contributed by atoms with E-state index >= 15 is 0 Å². The molecule has 1 aromatic carbocycles. The van der Waals surface area contributed by atoms with Gasteiger partial charge in [-0.05, 0) is 53.6 Å². The number of hydrogen-bond acceptors (Lipinski definition) is 5. The molecule has 166 valence electrons. The van der Waals surface area contributed by atoms with Crippen molar-refractivity contribution in [3.8, 4) is 5.75 Å². The van der Waals surface area contributed by atoms with Gasteiger partial charge in [0, 0.05) is 42.7 Å². The van der Waals surface area contributed by atoms with Crippen LogP contribution in [0.4, 0.5) is 5.69 Å². The van der Waals surface area contributed by atoms with E-state index in [9.17, 15) is 9.59 Å². The van der Waals surface area contributed by atoms with Crippen LogP contribution in [0.3, 0.4) is 0 Å². The molecule has 32 heavy (non-hydrogen) atoms. The lowest BCUT2D eigenvalue weighted by Gasteiger charge is -2.43. The largest absolute Gasteiger partial charge is 0.497 e. The molecule has 2 bridgehead atoms. The number of hydrogen-bond donors (Lipinski definition) is 1. The lowest BCUT2D eigenvalue weighted by Crippen LogP contribution is -2.49. The number of rotatable bonds is 6. The van der Waals surface area contributed by atoms with Crippen molar-refractivity contribution >= 4 is 22.9 Å². The van der Waals surface area contributed by atoms with Crippen LogP contribution in [0.15, 0.2) is 58.7 Å². The van der Waals surface area contributed by atoms with Crippen LogP contribution in [0, 0.1) is 5.92 Å². The van der Waals surface area contributed by atoms with E-state index in [1.807, 2.05) is 57.3 Å². The minimum atomic E-state index is 0.0315. The number of ether oxygens (including phenoxy) is 1. The zero-order valence-electron chi connectivity index (χ0n) is 18.1. The molecule has 2 atom stereocenters. The maximum Gasteiger partial charge on any atom is 0.274 e. The van der Waals surface area contributed by atoms with E-state index in [4.69, 9.17) is 4.74 Å². The van der Waals surface area contributed by atoms with Gasteiger partial charge in [-0.1, -0.05) is 18.2 Å². The summed E-state index contributed by atoms with van der Waals surface area (Å²) in [6, 6.07) is 15.8. The predicted octanol–water partition coefficient (Wildman–Crippen LogP) is 3.72. The van der Waals surface area contributed by atoms with Crippen molar-refractivity contribution in [3.63, 3.8) is 0 Å². The Balaban J connectivity index is 1.29. The third-order valence-corrected chi connectivity index (χ3v) is 7.38. The number of aromatic nitrogens is 1. The van der Waals surface area contributed by atoms with Gasteiger partial charge >= 0.3 is 0 Å². The monoisotopic (exact) mass is 449 g/mol. The second-order valence-corrected chi connectivity index (χ2v) is 9.68. The number of amides is 1. The molecular weight excluding hydrogens is 422 g/mol. The molecule has 0 radical (unpaired) electrons. The van der Waals surface area contributed by atoms with Gasteiger partial charge in [0.05, 0.1) is 13.5 Å². The van der Waals surface area contributed by atoms with E-state index in [-0.39, 0.29) is 17.4 Å². The lowest BCUT2D eigenvalue weighted by atomic mass is 9.83. The molecule has 0 aliphatic carbocycles. The second kappa shape index (κ2) is 8.82. The van der Waals surface area contributed by atoms with Gasteiger partial charge in [0.2, 0.25) is 5.91 Å². The number of thiophene rings is 1. The Labute approximate surface area is 191 Å². The molecular formula is C25H27N3O3S. The van der Waals surface area contributed by atoms with Crippen LogP contribution >= 0.6 is 11.3 Å². The van der Waals surface area contributed by atoms with Crippen LogP contribution in [0.25, 0.3) is 0 Å². The highest BCUT2D eigenvalue weighted by molar-refractivity contribution is 7.10. The van der Waals surface area contributed by atoms with E-state index < -0.39 is 0 Å². The minimum absolute atomic E-state index is 0.0315. The van der Waals surface area contributed by atoms with Gasteiger partial charge in [-0.25, -0.2) is 0 Å². The molecule has 1 fully saturated rings. The average molecular weight is 450 g/mol. The number of methoxy groups -OCH3 is 1. The van der Waals surface area contributed by atoms with Crippen molar-refractivity contribution in [2.24, 2.45) is 5.92 Å². The SMILES string of the molecule is COc1ccc(CNc2ccc3n(c2=O)CC2CC3CN(C(=O)Cc3cccs3)C2)cc1. The molecule has 1 saturated heterocycles. The van der Waals surface area contributed by atoms with Crippen molar-refractivity contribution < 1.29 is 9.53 Å². The number of nitrogens with one attached hydrogen (secondary N) is 1. The van der Waals surface area contributed by atoms with Gasteiger partial charge in [0.15, 0.2) is 0 Å². The number of fused-ring (bicyclic) bond motifs is 4. The van der Waals surface area contributed by atoms with Crippen molar-refractivity contribution in [3.05, 3.63) is 80.4 Å². The quantitative estimate of drug-likeness (QED) is 0.623. The fourth-order valence-corrected chi connectivity index (χ4v) is 5.59. The van der Waals surface area contributed by atoms with Crippen molar-refractivity contribution in [2.45, 2.75) is 31.8 Å². The number of pyridine rings is 1. The highest BCUT2D eigenvalue weighted by Gasteiger charge is 2.36. The number of anilines is 1. The third-order valence-electron chi connectivity index (χ3n) is 6.50. The molecule has 2 aliphatic rings. The minimum Gasteiger partial charge on any atom is -0.497 e. The highest BCUT2D eigenvalue weighted by Crippen LogP contribution is 2.35. The number of carbonyl (C=O) groups is 1. The third kappa shape index (κ3) is 4.17. The first-order valence-electron chi connectivity index (χ1n) is 11.0. The second-order valence-electron chi connectivity index (χ2n) is 8.64. The molecule has 2 aromatic heterocycles. The summed E-state index contributed by atoms with van der Waals surface area (Å²) in [5.41, 5.74) is 2.79. The Bertz CT molecular complexity index is 1150. The molecule has 2 unspecified atom stereocenters. The topological polar surface area (TPSA) is 63.6 Å². The molecule has 7 heteroatoms. The van der Waals surface area contributed by atoms with Gasteiger partial charge in [0.25, 0.3) is 5.56 Å². The summed E-state index contributed by atoms with van der Waals surface area (Å²) in [5, 5.41) is 5.31. The molecule has 5 rings (SSSR count). The maximum absolute atomic E-state index is 13.2. The molecule has 4 heterocycles. The molecule has 3 aromatic rings. The van der Waals surface area contributed by atoms with Crippen molar-refractivity contribution in [2.75, 3.05) is 25.5 Å². The number of nitrogens with zero attached hydrogens (tertiary/aromatic N) is 2. The van der Waals surface area contributed by atoms with Crippen LogP contribution in [0.5, 0.6) is 5.75 Å². The van der Waals surface area contributed by atoms with Crippen LogP contribution in [-0.2, 0) is 24.3 Å². The Kier molecular flexibility index (Phi) is 5.74. The summed E-state index contributed by atoms with van der Waals surface area (Å²) in [6.45, 7) is 2.68. The summed E-state index contributed by atoms with van der Waals surface area (Å²) in [5.74, 6) is 1.55. The molecule has 0 saturated carbocycles. The number of piperidine rings is 1. The summed E-state index contributed by atoms with van der Waals surface area (Å²) in [4.78, 5) is 29.1. The van der Waals surface area contributed by atoms with Crippen LogP contribution in [0.1, 0.15) is 28.5 Å². The summed E-state index contributed by atoms with van der Waals surface area (Å²) in [7, 11) is 1.65. The first-order chi connectivity index (χ1) is 15.6. The summed E-state index contributed by atoms with van der Waals surface area (Å²) < 4.78 is 7.13. The summed E-state index contributed by atoms with van der Waals surface area (Å²) in [6.07, 6.45) is 1.51. The number of benzene rings is 1. The first-order valence-corrected chi connectivity index (χ1v) is 11.9. The zero-order chi connectivity index (χ0) is 22.1. The fourth-order valence-electron chi connectivity index (χ4n) is 4.90. The van der Waals surface area contributed by atoms with Gasteiger partial charge in [-0.2, -0.15) is 0 Å². The maximum atomic E-state index is 13.2. The van der Waals surface area contributed by atoms with Crippen molar-refractivity contribution in [1.82, 2.24) is 9.47 Å². The van der Waals surface area contributed by atoms with Gasteiger partial charge in [0.1, 0.15) is 11.4 Å². The Hall–Kier alpha value is -3.06. The first kappa shape index (κ1) is 20.8. The molecule has 2 aliphatic heterocycles. The average Bonchev–Trinajstić information content (AvgIpc) is 3.32. The smallest absolute Gasteiger partial charge is 0.274 e. The van der Waals surface area contributed by atoms with Crippen LogP contribution in [-0.4, -0.2) is 35.6 Å². The Morgan fingerprint density at radius 3 is 2.72 bits per heavy atom. The van der Waals surface area contributed by atoms with E-state index in [1.165, 1.54) is 0 Å². The molecule has 1 amide bonds. The van der Waals surface area contributed by atoms with Gasteiger partial charge < -0.3 is 19.5 Å². The van der Waals surface area contributed by atoms with E-state index in [1.54, 1.807) is 18.4 Å². The Morgan fingerprint density at radius 1 is 1.12 bits per heavy atom. The summed E-state index contributed by atoms with van der Waals surface area (Å²) >= 11 is 1.63. The predicted molar refractivity (Wildman–Crippen MR) is 126 cm³/mol. The number of likely N-dealkylation sites (tertiary alicyclic amines) is 1. The van der Waals surface area contributed by atoms with Crippen molar-refractivity contribution in [1.29, 1.82) is 0 Å². The molecule has 6 nitrogen and oxygen atoms in total. The standard InChI is InChI=1S/C25H27N3O3S/c1-31-20-6-4-17(5-7-20)13-26-22-8-9-23-19-11-18(15-28(23)25(22)30)14-27(16-19)24(29)12-21-3-2-10-32-21/h2-10,18-19,26H,11-16H2,1H3. The normalized spacial score (nSPS) is 19.3. The molecule has 0 spiro atoms. The lowest BCUT2D eigenvalue weighted by molar-refractivity contribution is -0.133. The number of carbonyl (C=O) groups excluding carboxylic acids is 1. The fraction of sp³-hybridized carbons (Fsp3) is 0.360. The van der Waals surface area contributed by atoms with Gasteiger partial charge in [-0.3, -0.25) is 9.59 Å². The van der Waals surface area contributed by atoms with Crippen LogP contribution < -0.4 is 15.6 Å². The molecule has 1 N–H and O–H groups in total. The van der Waals surface area contributed by atoms with E-state index in [0.29, 0.717) is 37.7 Å². The zero-order valence-corrected chi connectivity index (χ0v) is 18.9.